The van der Waals surface area contributed by atoms with Crippen LogP contribution < -0.4 is 0 Å². The number of benzene rings is 2. The van der Waals surface area contributed by atoms with Gasteiger partial charge in [-0.25, -0.2) is 13.2 Å². The van der Waals surface area contributed by atoms with E-state index in [-0.39, 0.29) is 10.5 Å². The Morgan fingerprint density at radius 1 is 0.889 bits per heavy atom. The molecular weight excluding hydrogens is 259 g/mol. The first-order valence-electron chi connectivity index (χ1n) is 4.92. The van der Waals surface area contributed by atoms with Crippen LogP contribution in [-0.4, -0.2) is 0 Å². The Kier molecular flexibility index (Phi) is 3.58. The van der Waals surface area contributed by atoms with Crippen LogP contribution >= 0.6 is 11.8 Å². The zero-order chi connectivity index (χ0) is 13.1. The van der Waals surface area contributed by atoms with Crippen molar-refractivity contribution in [3.05, 3.63) is 59.4 Å². The van der Waals surface area contributed by atoms with E-state index in [0.29, 0.717) is 4.90 Å². The van der Waals surface area contributed by atoms with Crippen molar-refractivity contribution in [2.75, 3.05) is 0 Å². The summed E-state index contributed by atoms with van der Waals surface area (Å²) in [6.45, 7) is 0. The van der Waals surface area contributed by atoms with Gasteiger partial charge in [-0.2, -0.15) is 5.26 Å². The van der Waals surface area contributed by atoms with Crippen LogP contribution in [0, 0.1) is 28.8 Å². The van der Waals surface area contributed by atoms with Gasteiger partial charge in [0.25, 0.3) is 0 Å². The second kappa shape index (κ2) is 5.15. The first-order chi connectivity index (χ1) is 8.60. The Labute approximate surface area is 106 Å². The molecule has 0 aliphatic rings. The van der Waals surface area contributed by atoms with Crippen LogP contribution in [0.4, 0.5) is 13.2 Å². The molecule has 0 unspecified atom stereocenters. The van der Waals surface area contributed by atoms with Crippen LogP contribution in [-0.2, 0) is 0 Å². The van der Waals surface area contributed by atoms with Crippen molar-refractivity contribution in [1.82, 2.24) is 0 Å². The molecule has 0 amide bonds. The average Bonchev–Trinajstić information content (AvgIpc) is 2.34. The molecule has 1 nitrogen and oxygen atoms in total. The third kappa shape index (κ3) is 2.66. The molecule has 0 saturated carbocycles. The molecule has 0 spiro atoms. The molecule has 0 aromatic heterocycles. The fraction of sp³-hybridized carbons (Fsp3) is 0. The van der Waals surface area contributed by atoms with Gasteiger partial charge in [-0.15, -0.1) is 0 Å². The lowest BCUT2D eigenvalue weighted by Crippen LogP contribution is -1.87. The summed E-state index contributed by atoms with van der Waals surface area (Å²) in [6, 6.07) is 8.64. The average molecular weight is 265 g/mol. The Morgan fingerprint density at radius 3 is 2.11 bits per heavy atom. The molecule has 0 heterocycles. The summed E-state index contributed by atoms with van der Waals surface area (Å²) in [5.41, 5.74) is 0.115. The van der Waals surface area contributed by atoms with Gasteiger partial charge in [0.1, 0.15) is 23.5 Å². The highest BCUT2D eigenvalue weighted by Gasteiger charge is 2.09. The smallest absolute Gasteiger partial charge is 0.140 e. The second-order valence-corrected chi connectivity index (χ2v) is 4.51. The van der Waals surface area contributed by atoms with E-state index in [1.165, 1.54) is 18.2 Å². The molecular formula is C13H6F3NS. The zero-order valence-electron chi connectivity index (χ0n) is 8.95. The minimum atomic E-state index is -0.715. The Morgan fingerprint density at radius 2 is 1.50 bits per heavy atom. The van der Waals surface area contributed by atoms with E-state index in [1.54, 1.807) is 0 Å². The van der Waals surface area contributed by atoms with E-state index < -0.39 is 17.5 Å². The molecule has 0 aliphatic carbocycles. The largest absolute Gasteiger partial charge is 0.207 e. The first-order valence-corrected chi connectivity index (χ1v) is 5.74. The van der Waals surface area contributed by atoms with Gasteiger partial charge in [0.05, 0.1) is 5.56 Å². The number of nitriles is 1. The van der Waals surface area contributed by atoms with Crippen LogP contribution in [0.1, 0.15) is 5.56 Å². The zero-order valence-corrected chi connectivity index (χ0v) is 9.77. The second-order valence-electron chi connectivity index (χ2n) is 3.43. The van der Waals surface area contributed by atoms with Gasteiger partial charge in [0.2, 0.25) is 0 Å². The Balaban J connectivity index is 2.37. The maximum absolute atomic E-state index is 13.4. The highest BCUT2D eigenvalue weighted by Crippen LogP contribution is 2.32. The minimum absolute atomic E-state index is 0.115. The number of hydrogen-bond acceptors (Lipinski definition) is 2. The Bertz CT molecular complexity index is 635. The van der Waals surface area contributed by atoms with Crippen LogP contribution in [0.2, 0.25) is 0 Å². The van der Waals surface area contributed by atoms with Gasteiger partial charge in [-0.1, -0.05) is 11.8 Å². The van der Waals surface area contributed by atoms with Crippen molar-refractivity contribution in [1.29, 1.82) is 5.26 Å². The Hall–Kier alpha value is -1.93. The van der Waals surface area contributed by atoms with Crippen LogP contribution in [0.5, 0.6) is 0 Å². The molecule has 90 valence electrons. The van der Waals surface area contributed by atoms with Crippen molar-refractivity contribution in [2.24, 2.45) is 0 Å². The molecule has 0 atom stereocenters. The summed E-state index contributed by atoms with van der Waals surface area (Å²) in [4.78, 5) is 0.601. The molecule has 18 heavy (non-hydrogen) atoms. The van der Waals surface area contributed by atoms with E-state index in [2.05, 4.69) is 0 Å². The molecule has 0 bridgehead atoms. The lowest BCUT2D eigenvalue weighted by Gasteiger charge is -2.05. The molecule has 2 rings (SSSR count). The fourth-order valence-electron chi connectivity index (χ4n) is 1.36. The molecule has 0 radical (unpaired) electrons. The summed E-state index contributed by atoms with van der Waals surface area (Å²) in [6.07, 6.45) is 0. The molecule has 2 aromatic rings. The first kappa shape index (κ1) is 12.5. The maximum Gasteiger partial charge on any atom is 0.140 e. The third-order valence-corrected chi connectivity index (χ3v) is 3.30. The van der Waals surface area contributed by atoms with Crippen molar-refractivity contribution in [3.63, 3.8) is 0 Å². The van der Waals surface area contributed by atoms with Gasteiger partial charge in [-0.05, 0) is 30.3 Å². The van der Waals surface area contributed by atoms with Crippen LogP contribution in [0.3, 0.4) is 0 Å². The van der Waals surface area contributed by atoms with Crippen LogP contribution in [0.15, 0.2) is 46.2 Å². The predicted octanol–water partition coefficient (Wildman–Crippen LogP) is 4.13. The van der Waals surface area contributed by atoms with E-state index >= 15 is 0 Å². The molecule has 0 fully saturated rings. The van der Waals surface area contributed by atoms with E-state index in [1.807, 2.05) is 6.07 Å². The molecule has 5 heteroatoms. The third-order valence-electron chi connectivity index (χ3n) is 2.18. The van der Waals surface area contributed by atoms with E-state index in [9.17, 15) is 13.2 Å². The van der Waals surface area contributed by atoms with E-state index in [4.69, 9.17) is 5.26 Å². The SMILES string of the molecule is N#Cc1cc(F)ccc1Sc1ccc(F)cc1F. The number of hydrogen-bond donors (Lipinski definition) is 0. The monoisotopic (exact) mass is 265 g/mol. The van der Waals surface area contributed by atoms with Gasteiger partial charge in [-0.3, -0.25) is 0 Å². The number of rotatable bonds is 2. The number of nitrogens with zero attached hydrogens (tertiary/aromatic N) is 1. The summed E-state index contributed by atoms with van der Waals surface area (Å²) in [7, 11) is 0. The van der Waals surface area contributed by atoms with Gasteiger partial charge in [0, 0.05) is 15.9 Å². The van der Waals surface area contributed by atoms with Crippen molar-refractivity contribution in [2.45, 2.75) is 9.79 Å². The molecule has 0 N–H and O–H groups in total. The predicted molar refractivity (Wildman–Crippen MR) is 61.6 cm³/mol. The summed E-state index contributed by atoms with van der Waals surface area (Å²) in [5.74, 6) is -1.92. The maximum atomic E-state index is 13.4. The van der Waals surface area contributed by atoms with Gasteiger partial charge >= 0.3 is 0 Å². The van der Waals surface area contributed by atoms with Gasteiger partial charge in [0.15, 0.2) is 0 Å². The summed E-state index contributed by atoms with van der Waals surface area (Å²) >= 11 is 0.952. The van der Waals surface area contributed by atoms with Crippen molar-refractivity contribution >= 4 is 11.8 Å². The van der Waals surface area contributed by atoms with Crippen molar-refractivity contribution in [3.8, 4) is 6.07 Å². The summed E-state index contributed by atoms with van der Waals surface area (Å²) in [5, 5.41) is 8.85. The topological polar surface area (TPSA) is 23.8 Å². The highest BCUT2D eigenvalue weighted by molar-refractivity contribution is 7.99. The normalized spacial score (nSPS) is 10.1. The lowest BCUT2D eigenvalue weighted by molar-refractivity contribution is 0.565. The van der Waals surface area contributed by atoms with Crippen LogP contribution in [0.25, 0.3) is 0 Å². The lowest BCUT2D eigenvalue weighted by atomic mass is 10.2. The number of halogens is 3. The summed E-state index contributed by atoms with van der Waals surface area (Å²) < 4.78 is 39.1. The molecule has 2 aromatic carbocycles. The fourth-order valence-corrected chi connectivity index (χ4v) is 2.24. The van der Waals surface area contributed by atoms with Crippen molar-refractivity contribution < 1.29 is 13.2 Å². The minimum Gasteiger partial charge on any atom is -0.207 e. The standard InChI is InChI=1S/C13H6F3NS/c14-9-1-3-12(8(5-9)7-17)18-13-4-2-10(15)6-11(13)16/h1-6H. The quantitative estimate of drug-likeness (QED) is 0.815. The highest BCUT2D eigenvalue weighted by atomic mass is 32.2. The van der Waals surface area contributed by atoms with Gasteiger partial charge < -0.3 is 0 Å². The molecule has 0 aliphatic heterocycles. The molecule has 0 saturated heterocycles. The van der Waals surface area contributed by atoms with E-state index in [0.717, 1.165) is 30.0 Å².